The molecule has 2 nitrogen and oxygen atoms in total. The van der Waals surface area contributed by atoms with E-state index in [4.69, 9.17) is 0 Å². The van der Waals surface area contributed by atoms with Gasteiger partial charge >= 0.3 is 0 Å². The number of hydrogen-bond donors (Lipinski definition) is 1. The molecule has 0 amide bonds. The molecule has 0 atom stereocenters. The Labute approximate surface area is 88.2 Å². The molecule has 1 N–H and O–H groups in total. The predicted molar refractivity (Wildman–Crippen MR) is 60.6 cm³/mol. The molecule has 0 aromatic heterocycles. The van der Waals surface area contributed by atoms with Gasteiger partial charge in [-0.2, -0.15) is 0 Å². The average molecular weight is 209 g/mol. The molecule has 1 fully saturated rings. The molecule has 2 aliphatic rings. The fraction of sp³-hybridized carbons (Fsp3) is 0.545. The van der Waals surface area contributed by atoms with Crippen molar-refractivity contribution in [2.75, 3.05) is 13.1 Å². The summed E-state index contributed by atoms with van der Waals surface area (Å²) in [6.07, 6.45) is 9.44. The van der Waals surface area contributed by atoms with Gasteiger partial charge in [0, 0.05) is 6.42 Å². The van der Waals surface area contributed by atoms with E-state index in [9.17, 15) is 4.21 Å². The monoisotopic (exact) mass is 209 g/mol. The maximum Gasteiger partial charge on any atom is 0.0926 e. The summed E-state index contributed by atoms with van der Waals surface area (Å²) < 4.78 is 10.9. The maximum atomic E-state index is 10.9. The summed E-state index contributed by atoms with van der Waals surface area (Å²) in [5.74, 6) is 0.609. The number of nitrogens with one attached hydrogen (secondary N) is 1. The van der Waals surface area contributed by atoms with Crippen LogP contribution >= 0.6 is 0 Å². The molecule has 14 heavy (non-hydrogen) atoms. The zero-order valence-corrected chi connectivity index (χ0v) is 8.98. The van der Waals surface area contributed by atoms with Crippen molar-refractivity contribution in [1.82, 2.24) is 5.32 Å². The molecule has 0 bridgehead atoms. The van der Waals surface area contributed by atoms with Crippen LogP contribution in [0, 0.1) is 5.92 Å². The Kier molecular flexibility index (Phi) is 3.32. The quantitative estimate of drug-likeness (QED) is 0.659. The van der Waals surface area contributed by atoms with E-state index in [1.165, 1.54) is 18.4 Å². The third-order valence-corrected chi connectivity index (χ3v) is 3.52. The molecule has 0 radical (unpaired) electrons. The van der Waals surface area contributed by atoms with Crippen molar-refractivity contribution in [3.8, 4) is 0 Å². The van der Waals surface area contributed by atoms with E-state index in [0.29, 0.717) is 17.2 Å². The summed E-state index contributed by atoms with van der Waals surface area (Å²) >= 11 is 0.674. The zero-order chi connectivity index (χ0) is 9.80. The highest BCUT2D eigenvalue weighted by Crippen LogP contribution is 2.25. The van der Waals surface area contributed by atoms with Gasteiger partial charge in [0.15, 0.2) is 0 Å². The Balaban J connectivity index is 2.17. The van der Waals surface area contributed by atoms with Crippen LogP contribution in [0.5, 0.6) is 0 Å². The first-order valence-electron chi connectivity index (χ1n) is 5.15. The van der Waals surface area contributed by atoms with Crippen molar-refractivity contribution in [1.29, 1.82) is 0 Å². The molecule has 0 unspecified atom stereocenters. The van der Waals surface area contributed by atoms with E-state index in [1.54, 1.807) is 0 Å². The molecule has 3 heteroatoms. The van der Waals surface area contributed by atoms with Crippen LogP contribution in [-0.2, 0) is 11.3 Å². The number of hydrogen-bond acceptors (Lipinski definition) is 2. The summed E-state index contributed by atoms with van der Waals surface area (Å²) in [6, 6.07) is 0. The lowest BCUT2D eigenvalue weighted by Crippen LogP contribution is -2.30. The van der Waals surface area contributed by atoms with Crippen molar-refractivity contribution < 1.29 is 4.21 Å². The molecule has 1 heterocycles. The van der Waals surface area contributed by atoms with Gasteiger partial charge < -0.3 is 5.32 Å². The van der Waals surface area contributed by atoms with E-state index < -0.39 is 0 Å². The van der Waals surface area contributed by atoms with Gasteiger partial charge in [-0.1, -0.05) is 18.2 Å². The van der Waals surface area contributed by atoms with Crippen molar-refractivity contribution in [2.45, 2.75) is 19.3 Å². The van der Waals surface area contributed by atoms with Gasteiger partial charge in [0.1, 0.15) is 0 Å². The van der Waals surface area contributed by atoms with Crippen molar-refractivity contribution in [3.05, 3.63) is 23.8 Å². The van der Waals surface area contributed by atoms with Gasteiger partial charge in [0.25, 0.3) is 0 Å². The van der Waals surface area contributed by atoms with Crippen molar-refractivity contribution in [3.63, 3.8) is 0 Å². The molecule has 0 aromatic carbocycles. The Morgan fingerprint density at radius 2 is 2.14 bits per heavy atom. The number of piperidine rings is 1. The van der Waals surface area contributed by atoms with E-state index >= 15 is 0 Å². The van der Waals surface area contributed by atoms with Crippen LogP contribution in [0.4, 0.5) is 0 Å². The molecule has 1 aliphatic heterocycles. The van der Waals surface area contributed by atoms with Gasteiger partial charge in [-0.3, -0.25) is 0 Å². The van der Waals surface area contributed by atoms with E-state index in [-0.39, 0.29) is 0 Å². The highest BCUT2D eigenvalue weighted by molar-refractivity contribution is 7.67. The van der Waals surface area contributed by atoms with E-state index in [2.05, 4.69) is 23.5 Å². The third-order valence-electron chi connectivity index (χ3n) is 2.92. The zero-order valence-electron chi connectivity index (χ0n) is 8.16. The first kappa shape index (κ1) is 9.87. The summed E-state index contributed by atoms with van der Waals surface area (Å²) in [6.45, 7) is 2.17. The van der Waals surface area contributed by atoms with Crippen molar-refractivity contribution in [2.24, 2.45) is 5.92 Å². The standard InChI is InChI=1S/C11H15NOS/c13-14-11-4-2-1-3-10(11)9-5-7-12-8-6-9/h1-3,9,12H,4-8H2. The van der Waals surface area contributed by atoms with Crippen LogP contribution in [0.15, 0.2) is 23.8 Å². The molecule has 76 valence electrons. The Hall–Kier alpha value is -0.670. The second-order valence-corrected chi connectivity index (χ2v) is 4.44. The number of rotatable bonds is 1. The third kappa shape index (κ3) is 2.04. The number of allylic oxidation sites excluding steroid dienone is 4. The van der Waals surface area contributed by atoms with Crippen LogP contribution in [0.25, 0.3) is 0 Å². The average Bonchev–Trinajstić information content (AvgIpc) is 2.30. The maximum absolute atomic E-state index is 10.9. The highest BCUT2D eigenvalue weighted by atomic mass is 32.1. The minimum Gasteiger partial charge on any atom is -0.317 e. The fourth-order valence-corrected chi connectivity index (χ4v) is 2.63. The van der Waals surface area contributed by atoms with Gasteiger partial charge in [-0.05, 0) is 37.4 Å². The SMILES string of the molecule is O=S=C1CC=CC=C1C1CCNCC1. The second kappa shape index (κ2) is 4.71. The normalized spacial score (nSPS) is 23.4. The Bertz CT molecular complexity index is 320. The van der Waals surface area contributed by atoms with Crippen molar-refractivity contribution >= 4 is 16.1 Å². The topological polar surface area (TPSA) is 29.1 Å². The minimum atomic E-state index is 0.609. The largest absolute Gasteiger partial charge is 0.317 e. The van der Waals surface area contributed by atoms with Gasteiger partial charge in [0.05, 0.1) is 16.1 Å². The summed E-state index contributed by atoms with van der Waals surface area (Å²) in [5, 5.41) is 3.35. The summed E-state index contributed by atoms with van der Waals surface area (Å²) in [4.78, 5) is 1.03. The lowest BCUT2D eigenvalue weighted by Gasteiger charge is -2.26. The molecule has 0 saturated carbocycles. The fourth-order valence-electron chi connectivity index (χ4n) is 2.14. The lowest BCUT2D eigenvalue weighted by molar-refractivity contribution is 0.428. The van der Waals surface area contributed by atoms with Crippen LogP contribution in [0.2, 0.25) is 0 Å². The predicted octanol–water partition coefficient (Wildman–Crippen LogP) is 1.26. The van der Waals surface area contributed by atoms with Gasteiger partial charge in [-0.25, -0.2) is 4.21 Å². The van der Waals surface area contributed by atoms with Gasteiger partial charge in [-0.15, -0.1) is 0 Å². The Morgan fingerprint density at radius 3 is 2.86 bits per heavy atom. The smallest absolute Gasteiger partial charge is 0.0926 e. The second-order valence-electron chi connectivity index (χ2n) is 3.79. The summed E-state index contributed by atoms with van der Waals surface area (Å²) in [5.41, 5.74) is 1.30. The minimum absolute atomic E-state index is 0.609. The van der Waals surface area contributed by atoms with Crippen LogP contribution in [0.1, 0.15) is 19.3 Å². The molecular formula is C11H15NOS. The molecule has 0 spiro atoms. The van der Waals surface area contributed by atoms with Crippen LogP contribution < -0.4 is 5.32 Å². The van der Waals surface area contributed by atoms with E-state index in [1.807, 2.05) is 0 Å². The van der Waals surface area contributed by atoms with E-state index in [0.717, 1.165) is 24.4 Å². The molecular weight excluding hydrogens is 194 g/mol. The highest BCUT2D eigenvalue weighted by Gasteiger charge is 2.21. The molecule has 1 saturated heterocycles. The molecule has 0 aromatic rings. The van der Waals surface area contributed by atoms with Crippen LogP contribution in [0.3, 0.4) is 0 Å². The Morgan fingerprint density at radius 1 is 1.36 bits per heavy atom. The first-order chi connectivity index (χ1) is 6.92. The lowest BCUT2D eigenvalue weighted by atomic mass is 9.85. The van der Waals surface area contributed by atoms with Gasteiger partial charge in [0.2, 0.25) is 0 Å². The molecule has 2 rings (SSSR count). The molecule has 1 aliphatic carbocycles. The first-order valence-corrected chi connectivity index (χ1v) is 5.89. The van der Waals surface area contributed by atoms with Crippen LogP contribution in [-0.4, -0.2) is 22.2 Å². The summed E-state index contributed by atoms with van der Waals surface area (Å²) in [7, 11) is 0.